The van der Waals surface area contributed by atoms with E-state index < -0.39 is 0 Å². The molecule has 21 heavy (non-hydrogen) atoms. The first-order chi connectivity index (χ1) is 10.1. The second-order valence-electron chi connectivity index (χ2n) is 6.28. The second kappa shape index (κ2) is 5.60. The number of nitrogens with zero attached hydrogens (tertiary/aromatic N) is 2. The molecule has 0 saturated heterocycles. The molecule has 1 heterocycles. The summed E-state index contributed by atoms with van der Waals surface area (Å²) in [4.78, 5) is 17.0. The molecule has 1 aromatic heterocycles. The fourth-order valence-corrected chi connectivity index (χ4v) is 3.17. The molecule has 1 aromatic carbocycles. The number of imidazole rings is 1. The van der Waals surface area contributed by atoms with Gasteiger partial charge >= 0.3 is 0 Å². The van der Waals surface area contributed by atoms with E-state index in [9.17, 15) is 4.79 Å². The molecule has 4 heteroatoms. The summed E-state index contributed by atoms with van der Waals surface area (Å²) in [6, 6.07) is 8.08. The Morgan fingerprint density at radius 1 is 1.38 bits per heavy atom. The molecule has 1 aliphatic rings. The number of aryl methyl sites for hydroxylation is 1. The third kappa shape index (κ3) is 2.86. The molecule has 0 spiro atoms. The monoisotopic (exact) mass is 285 g/mol. The minimum atomic E-state index is -0.237. The third-order valence-electron chi connectivity index (χ3n) is 4.43. The first-order valence-electron chi connectivity index (χ1n) is 7.86. The van der Waals surface area contributed by atoms with Crippen molar-refractivity contribution in [2.24, 2.45) is 5.73 Å². The predicted molar refractivity (Wildman–Crippen MR) is 84.1 cm³/mol. The van der Waals surface area contributed by atoms with Crippen LogP contribution in [0.1, 0.15) is 44.9 Å². The average molecular weight is 285 g/mol. The first-order valence-corrected chi connectivity index (χ1v) is 7.86. The smallest absolute Gasteiger partial charge is 0.142 e. The molecule has 2 N–H and O–H groups in total. The maximum Gasteiger partial charge on any atom is 0.142 e. The van der Waals surface area contributed by atoms with Gasteiger partial charge in [0.2, 0.25) is 0 Å². The fraction of sp³-hybridized carbons (Fsp3) is 0.529. The van der Waals surface area contributed by atoms with Gasteiger partial charge in [0.15, 0.2) is 0 Å². The molecular weight excluding hydrogens is 262 g/mol. The van der Waals surface area contributed by atoms with Gasteiger partial charge in [-0.2, -0.15) is 0 Å². The summed E-state index contributed by atoms with van der Waals surface area (Å²) >= 11 is 0. The number of carbonyl (C=O) groups excluding carboxylic acids is 1. The SMILES string of the molecule is CCCn1c(CC(=O)CC2(N)CCC2)nc2ccccc21. The minimum Gasteiger partial charge on any atom is -0.328 e. The predicted octanol–water partition coefficient (Wildman–Crippen LogP) is 2.83. The van der Waals surface area contributed by atoms with Crippen molar-refractivity contribution >= 4 is 16.8 Å². The number of benzene rings is 1. The molecule has 0 amide bonds. The van der Waals surface area contributed by atoms with Gasteiger partial charge in [-0.3, -0.25) is 4.79 Å². The van der Waals surface area contributed by atoms with E-state index in [1.54, 1.807) is 0 Å². The lowest BCUT2D eigenvalue weighted by molar-refractivity contribution is -0.120. The van der Waals surface area contributed by atoms with Crippen molar-refractivity contribution < 1.29 is 4.79 Å². The van der Waals surface area contributed by atoms with Gasteiger partial charge in [-0.25, -0.2) is 4.98 Å². The van der Waals surface area contributed by atoms with E-state index in [1.807, 2.05) is 18.2 Å². The number of fused-ring (bicyclic) bond motifs is 1. The summed E-state index contributed by atoms with van der Waals surface area (Å²) in [6.07, 6.45) is 5.02. The molecule has 4 nitrogen and oxygen atoms in total. The lowest BCUT2D eigenvalue weighted by Gasteiger charge is -2.37. The maximum absolute atomic E-state index is 12.3. The van der Waals surface area contributed by atoms with Crippen molar-refractivity contribution in [1.82, 2.24) is 9.55 Å². The van der Waals surface area contributed by atoms with E-state index in [0.717, 1.165) is 49.1 Å². The van der Waals surface area contributed by atoms with E-state index in [2.05, 4.69) is 22.5 Å². The van der Waals surface area contributed by atoms with Gasteiger partial charge in [0.25, 0.3) is 0 Å². The highest BCUT2D eigenvalue weighted by molar-refractivity contribution is 5.83. The zero-order valence-corrected chi connectivity index (χ0v) is 12.6. The highest BCUT2D eigenvalue weighted by atomic mass is 16.1. The van der Waals surface area contributed by atoms with Crippen LogP contribution in [-0.2, 0) is 17.8 Å². The van der Waals surface area contributed by atoms with E-state index >= 15 is 0 Å². The van der Waals surface area contributed by atoms with Crippen LogP contribution in [0.3, 0.4) is 0 Å². The molecule has 2 aromatic rings. The molecule has 1 saturated carbocycles. The van der Waals surface area contributed by atoms with Crippen LogP contribution < -0.4 is 5.73 Å². The number of nitrogens with two attached hydrogens (primary N) is 1. The lowest BCUT2D eigenvalue weighted by Crippen LogP contribution is -2.48. The number of ketones is 1. The van der Waals surface area contributed by atoms with Gasteiger partial charge in [0.1, 0.15) is 11.6 Å². The van der Waals surface area contributed by atoms with Gasteiger partial charge in [-0.15, -0.1) is 0 Å². The molecule has 1 aliphatic carbocycles. The van der Waals surface area contributed by atoms with E-state index in [1.165, 1.54) is 0 Å². The van der Waals surface area contributed by atoms with Crippen LogP contribution in [0, 0.1) is 0 Å². The van der Waals surface area contributed by atoms with Crippen LogP contribution in [0.15, 0.2) is 24.3 Å². The van der Waals surface area contributed by atoms with Crippen molar-refractivity contribution in [2.45, 2.75) is 57.5 Å². The Morgan fingerprint density at radius 3 is 2.81 bits per heavy atom. The van der Waals surface area contributed by atoms with Crippen LogP contribution in [-0.4, -0.2) is 20.9 Å². The average Bonchev–Trinajstić information content (AvgIpc) is 2.75. The Morgan fingerprint density at radius 2 is 2.14 bits per heavy atom. The van der Waals surface area contributed by atoms with Crippen LogP contribution in [0.2, 0.25) is 0 Å². The standard InChI is InChI=1S/C17H23N3O/c1-2-10-20-15-7-4-3-6-14(15)19-16(20)11-13(21)12-17(18)8-5-9-17/h3-4,6-7H,2,5,8-12,18H2,1H3. The number of hydrogen-bond donors (Lipinski definition) is 1. The summed E-state index contributed by atoms with van der Waals surface area (Å²) < 4.78 is 2.18. The number of Topliss-reactive ketones (excluding diaryl/α,β-unsaturated/α-hetero) is 1. The fourth-order valence-electron chi connectivity index (χ4n) is 3.17. The molecule has 0 radical (unpaired) electrons. The largest absolute Gasteiger partial charge is 0.328 e. The Labute approximate surface area is 125 Å². The van der Waals surface area contributed by atoms with Crippen molar-refractivity contribution in [2.75, 3.05) is 0 Å². The Hall–Kier alpha value is -1.68. The third-order valence-corrected chi connectivity index (χ3v) is 4.43. The van der Waals surface area contributed by atoms with Gasteiger partial charge in [0, 0.05) is 18.5 Å². The summed E-state index contributed by atoms with van der Waals surface area (Å²) in [5.41, 5.74) is 8.03. The zero-order valence-electron chi connectivity index (χ0n) is 12.6. The van der Waals surface area contributed by atoms with Gasteiger partial charge in [-0.05, 0) is 37.8 Å². The maximum atomic E-state index is 12.3. The lowest BCUT2D eigenvalue weighted by atomic mass is 9.74. The van der Waals surface area contributed by atoms with E-state index in [0.29, 0.717) is 12.8 Å². The van der Waals surface area contributed by atoms with Crippen molar-refractivity contribution in [3.63, 3.8) is 0 Å². The van der Waals surface area contributed by atoms with E-state index in [-0.39, 0.29) is 11.3 Å². The summed E-state index contributed by atoms with van der Waals surface area (Å²) in [5.74, 6) is 1.09. The molecule has 0 aliphatic heterocycles. The Balaban J connectivity index is 1.82. The Kier molecular flexibility index (Phi) is 3.81. The van der Waals surface area contributed by atoms with Crippen LogP contribution in [0.5, 0.6) is 0 Å². The molecule has 1 fully saturated rings. The number of hydrogen-bond acceptors (Lipinski definition) is 3. The molecule has 0 unspecified atom stereocenters. The van der Waals surface area contributed by atoms with Gasteiger partial charge in [0.05, 0.1) is 17.5 Å². The number of rotatable bonds is 6. The quantitative estimate of drug-likeness (QED) is 0.887. The normalized spacial score (nSPS) is 16.9. The van der Waals surface area contributed by atoms with E-state index in [4.69, 9.17) is 5.73 Å². The summed E-state index contributed by atoms with van der Waals surface area (Å²) in [7, 11) is 0. The topological polar surface area (TPSA) is 60.9 Å². The molecule has 112 valence electrons. The van der Waals surface area contributed by atoms with Crippen LogP contribution in [0.25, 0.3) is 11.0 Å². The zero-order chi connectivity index (χ0) is 14.9. The van der Waals surface area contributed by atoms with Gasteiger partial charge in [-0.1, -0.05) is 19.1 Å². The van der Waals surface area contributed by atoms with Crippen molar-refractivity contribution in [1.29, 1.82) is 0 Å². The Bertz CT molecular complexity index is 655. The van der Waals surface area contributed by atoms with Crippen LogP contribution in [0.4, 0.5) is 0 Å². The number of para-hydroxylation sites is 2. The van der Waals surface area contributed by atoms with Crippen molar-refractivity contribution in [3.8, 4) is 0 Å². The molecular formula is C17H23N3O. The van der Waals surface area contributed by atoms with Crippen LogP contribution >= 0.6 is 0 Å². The van der Waals surface area contributed by atoms with Gasteiger partial charge < -0.3 is 10.3 Å². The number of aromatic nitrogens is 2. The molecule has 3 rings (SSSR count). The second-order valence-corrected chi connectivity index (χ2v) is 6.28. The van der Waals surface area contributed by atoms with Crippen molar-refractivity contribution in [3.05, 3.63) is 30.1 Å². The minimum absolute atomic E-state index is 0.213. The summed E-state index contributed by atoms with van der Waals surface area (Å²) in [6.45, 7) is 3.04. The highest BCUT2D eigenvalue weighted by Crippen LogP contribution is 2.32. The first kappa shape index (κ1) is 14.3. The number of carbonyl (C=O) groups is 1. The highest BCUT2D eigenvalue weighted by Gasteiger charge is 2.34. The summed E-state index contributed by atoms with van der Waals surface area (Å²) in [5, 5.41) is 0. The molecule has 0 atom stereocenters. The molecule has 0 bridgehead atoms.